The van der Waals surface area contributed by atoms with Crippen molar-refractivity contribution >= 4 is 23.4 Å². The third-order valence-corrected chi connectivity index (χ3v) is 3.52. The van der Waals surface area contributed by atoms with E-state index in [1.165, 1.54) is 0 Å². The number of rotatable bonds is 4. The smallest absolute Gasteiger partial charge is 0.253 e. The number of hydrogen-bond donors (Lipinski definition) is 2. The maximum absolute atomic E-state index is 11.9. The highest BCUT2D eigenvalue weighted by Gasteiger charge is 2.31. The topological polar surface area (TPSA) is 67.4 Å². The molecule has 0 radical (unpaired) electrons. The van der Waals surface area contributed by atoms with Crippen LogP contribution in [0.4, 0.5) is 0 Å². The second-order valence-corrected chi connectivity index (χ2v) is 5.48. The zero-order valence-corrected chi connectivity index (χ0v) is 12.0. The number of benzene rings is 1. The van der Waals surface area contributed by atoms with E-state index in [4.69, 9.17) is 16.3 Å². The zero-order valence-electron chi connectivity index (χ0n) is 11.2. The lowest BCUT2D eigenvalue weighted by Gasteiger charge is -2.23. The minimum atomic E-state index is -0.362. The van der Waals surface area contributed by atoms with Crippen LogP contribution in [-0.4, -0.2) is 37.1 Å². The molecule has 0 spiro atoms. The van der Waals surface area contributed by atoms with Gasteiger partial charge in [0.2, 0.25) is 5.91 Å². The highest BCUT2D eigenvalue weighted by atomic mass is 35.5. The Kier molecular flexibility index (Phi) is 4.62. The summed E-state index contributed by atoms with van der Waals surface area (Å²) in [6, 6.07) is 6.71. The number of carbonyl (C=O) groups excluding carboxylic acids is 2. The molecule has 108 valence electrons. The first-order valence-electron chi connectivity index (χ1n) is 6.42. The molecule has 1 aromatic rings. The van der Waals surface area contributed by atoms with Crippen LogP contribution in [0.15, 0.2) is 24.3 Å². The van der Waals surface area contributed by atoms with Crippen molar-refractivity contribution in [2.75, 3.05) is 19.8 Å². The molecule has 2 amide bonds. The van der Waals surface area contributed by atoms with Crippen molar-refractivity contribution in [3.63, 3.8) is 0 Å². The van der Waals surface area contributed by atoms with Gasteiger partial charge in [-0.3, -0.25) is 9.59 Å². The molecule has 1 saturated heterocycles. The molecule has 0 saturated carbocycles. The minimum Gasteiger partial charge on any atom is -0.379 e. The highest BCUT2D eigenvalue weighted by Crippen LogP contribution is 2.17. The van der Waals surface area contributed by atoms with Gasteiger partial charge in [0.05, 0.1) is 29.3 Å². The Bertz CT molecular complexity index is 513. The third kappa shape index (κ3) is 3.71. The van der Waals surface area contributed by atoms with Crippen LogP contribution in [0.1, 0.15) is 23.7 Å². The largest absolute Gasteiger partial charge is 0.379 e. The zero-order chi connectivity index (χ0) is 14.6. The lowest BCUT2D eigenvalue weighted by molar-refractivity contribution is -0.121. The van der Waals surface area contributed by atoms with Gasteiger partial charge in [0.1, 0.15) is 0 Å². The number of amides is 2. The predicted molar refractivity (Wildman–Crippen MR) is 75.8 cm³/mol. The molecule has 1 aliphatic heterocycles. The van der Waals surface area contributed by atoms with Gasteiger partial charge in [-0.15, -0.1) is 0 Å². The molecule has 2 N–H and O–H groups in total. The van der Waals surface area contributed by atoms with Gasteiger partial charge in [-0.1, -0.05) is 23.7 Å². The number of hydrogen-bond acceptors (Lipinski definition) is 3. The Morgan fingerprint density at radius 1 is 1.40 bits per heavy atom. The maximum atomic E-state index is 11.9. The molecule has 2 rings (SSSR count). The SMILES string of the molecule is CC1(NC(=O)CNC(=O)c2ccccc2Cl)CCOC1. The normalized spacial score (nSPS) is 21.5. The van der Waals surface area contributed by atoms with Gasteiger partial charge in [-0.25, -0.2) is 0 Å². The van der Waals surface area contributed by atoms with Gasteiger partial charge in [-0.2, -0.15) is 0 Å². The molecular weight excluding hydrogens is 280 g/mol. The monoisotopic (exact) mass is 296 g/mol. The van der Waals surface area contributed by atoms with E-state index in [0.717, 1.165) is 6.42 Å². The van der Waals surface area contributed by atoms with Gasteiger partial charge in [0, 0.05) is 6.61 Å². The summed E-state index contributed by atoms with van der Waals surface area (Å²) < 4.78 is 5.25. The first-order valence-corrected chi connectivity index (χ1v) is 6.79. The first kappa shape index (κ1) is 14.8. The van der Waals surface area contributed by atoms with Crippen LogP contribution in [0.5, 0.6) is 0 Å². The summed E-state index contributed by atoms with van der Waals surface area (Å²) in [5.41, 5.74) is 0.0176. The summed E-state index contributed by atoms with van der Waals surface area (Å²) in [7, 11) is 0. The average Bonchev–Trinajstić information content (AvgIpc) is 2.83. The van der Waals surface area contributed by atoms with Crippen LogP contribution in [0, 0.1) is 0 Å². The van der Waals surface area contributed by atoms with Gasteiger partial charge in [0.25, 0.3) is 5.91 Å². The molecule has 0 aromatic heterocycles. The van der Waals surface area contributed by atoms with Gasteiger partial charge < -0.3 is 15.4 Å². The van der Waals surface area contributed by atoms with Gasteiger partial charge >= 0.3 is 0 Å². The summed E-state index contributed by atoms with van der Waals surface area (Å²) in [5.74, 6) is -0.600. The molecule has 6 heteroatoms. The van der Waals surface area contributed by atoms with Crippen LogP contribution in [0.25, 0.3) is 0 Å². The van der Waals surface area contributed by atoms with E-state index in [2.05, 4.69) is 10.6 Å². The van der Waals surface area contributed by atoms with Crippen LogP contribution >= 0.6 is 11.6 Å². The Balaban J connectivity index is 1.84. The van der Waals surface area contributed by atoms with E-state index in [1.54, 1.807) is 24.3 Å². The van der Waals surface area contributed by atoms with Crippen molar-refractivity contribution in [3.8, 4) is 0 Å². The summed E-state index contributed by atoms with van der Waals surface area (Å²) in [6.07, 6.45) is 0.775. The highest BCUT2D eigenvalue weighted by molar-refractivity contribution is 6.33. The Morgan fingerprint density at radius 3 is 2.80 bits per heavy atom. The molecule has 1 fully saturated rings. The van der Waals surface area contributed by atoms with E-state index in [0.29, 0.717) is 23.8 Å². The van der Waals surface area contributed by atoms with E-state index < -0.39 is 0 Å². The third-order valence-electron chi connectivity index (χ3n) is 3.19. The predicted octanol–water partition coefficient (Wildman–Crippen LogP) is 1.36. The number of carbonyl (C=O) groups is 2. The Labute approximate surface area is 122 Å². The Morgan fingerprint density at radius 2 is 2.15 bits per heavy atom. The summed E-state index contributed by atoms with van der Waals surface area (Å²) >= 11 is 5.92. The lowest BCUT2D eigenvalue weighted by atomic mass is 10.0. The van der Waals surface area contributed by atoms with Crippen molar-refractivity contribution in [2.45, 2.75) is 18.9 Å². The minimum absolute atomic E-state index is 0.0837. The first-order chi connectivity index (χ1) is 9.50. The fourth-order valence-corrected chi connectivity index (χ4v) is 2.27. The summed E-state index contributed by atoms with van der Waals surface area (Å²) in [4.78, 5) is 23.7. The lowest BCUT2D eigenvalue weighted by Crippen LogP contribution is -2.50. The average molecular weight is 297 g/mol. The molecule has 5 nitrogen and oxygen atoms in total. The van der Waals surface area contributed by atoms with Crippen LogP contribution in [0.2, 0.25) is 5.02 Å². The van der Waals surface area contributed by atoms with E-state index in [1.807, 2.05) is 6.92 Å². The molecule has 0 bridgehead atoms. The molecule has 1 heterocycles. The van der Waals surface area contributed by atoms with Crippen molar-refractivity contribution < 1.29 is 14.3 Å². The van der Waals surface area contributed by atoms with Gasteiger partial charge in [0.15, 0.2) is 0 Å². The van der Waals surface area contributed by atoms with Gasteiger partial charge in [-0.05, 0) is 25.5 Å². The molecule has 1 aliphatic rings. The van der Waals surface area contributed by atoms with Crippen molar-refractivity contribution in [1.29, 1.82) is 0 Å². The molecule has 20 heavy (non-hydrogen) atoms. The molecular formula is C14H17ClN2O3. The van der Waals surface area contributed by atoms with E-state index in [9.17, 15) is 9.59 Å². The second-order valence-electron chi connectivity index (χ2n) is 5.07. The second kappa shape index (κ2) is 6.24. The number of halogens is 1. The van der Waals surface area contributed by atoms with Crippen molar-refractivity contribution in [3.05, 3.63) is 34.9 Å². The Hall–Kier alpha value is -1.59. The summed E-state index contributed by atoms with van der Waals surface area (Å²) in [5, 5.41) is 5.78. The molecule has 1 atom stereocenters. The maximum Gasteiger partial charge on any atom is 0.253 e. The van der Waals surface area contributed by atoms with Crippen molar-refractivity contribution in [2.24, 2.45) is 0 Å². The van der Waals surface area contributed by atoms with E-state index >= 15 is 0 Å². The molecule has 1 unspecified atom stereocenters. The number of ether oxygens (including phenoxy) is 1. The quantitative estimate of drug-likeness (QED) is 0.882. The fourth-order valence-electron chi connectivity index (χ4n) is 2.05. The van der Waals surface area contributed by atoms with Crippen LogP contribution < -0.4 is 10.6 Å². The number of nitrogens with one attached hydrogen (secondary N) is 2. The molecule has 0 aliphatic carbocycles. The van der Waals surface area contributed by atoms with Crippen LogP contribution in [0.3, 0.4) is 0 Å². The van der Waals surface area contributed by atoms with Crippen molar-refractivity contribution in [1.82, 2.24) is 10.6 Å². The molecule has 1 aromatic carbocycles. The summed E-state index contributed by atoms with van der Waals surface area (Å²) in [6.45, 7) is 2.98. The van der Waals surface area contributed by atoms with E-state index in [-0.39, 0.29) is 23.9 Å². The van der Waals surface area contributed by atoms with Crippen LogP contribution in [-0.2, 0) is 9.53 Å². The fraction of sp³-hybridized carbons (Fsp3) is 0.429. The standard InChI is InChI=1S/C14H17ClN2O3/c1-14(6-7-20-9-14)17-12(18)8-16-13(19)10-4-2-3-5-11(10)15/h2-5H,6-9H2,1H3,(H,16,19)(H,17,18).